The van der Waals surface area contributed by atoms with Gasteiger partial charge in [-0.3, -0.25) is 9.59 Å². The van der Waals surface area contributed by atoms with E-state index in [4.69, 9.17) is 0 Å². The quantitative estimate of drug-likeness (QED) is 0.336. The fraction of sp³-hybridized carbons (Fsp3) is 0.500. The van der Waals surface area contributed by atoms with Crippen molar-refractivity contribution in [3.8, 4) is 5.75 Å². The summed E-state index contributed by atoms with van der Waals surface area (Å²) >= 11 is 0. The van der Waals surface area contributed by atoms with E-state index in [1.165, 1.54) is 11.1 Å². The highest BCUT2D eigenvalue weighted by molar-refractivity contribution is 6.23. The van der Waals surface area contributed by atoms with Crippen LogP contribution in [-0.4, -0.2) is 16.8 Å². The minimum atomic E-state index is -0.314. The van der Waals surface area contributed by atoms with Gasteiger partial charge in [0.15, 0.2) is 5.78 Å². The highest BCUT2D eigenvalue weighted by Gasteiger charge is 2.52. The van der Waals surface area contributed by atoms with Crippen molar-refractivity contribution in [2.24, 2.45) is 35.0 Å². The van der Waals surface area contributed by atoms with Gasteiger partial charge in [0.2, 0.25) is 0 Å². The van der Waals surface area contributed by atoms with E-state index in [0.717, 1.165) is 31.2 Å². The Morgan fingerprint density at radius 3 is 2.61 bits per heavy atom. The number of nitrogens with one attached hydrogen (secondary N) is 1. The van der Waals surface area contributed by atoms with Crippen LogP contribution in [0.5, 0.6) is 5.75 Å². The number of amides is 1. The van der Waals surface area contributed by atoms with E-state index in [9.17, 15) is 14.7 Å². The van der Waals surface area contributed by atoms with Gasteiger partial charge >= 0.3 is 0 Å². The number of carbonyl (C=O) groups excluding carboxylic acids is 2. The summed E-state index contributed by atoms with van der Waals surface area (Å²) in [4.78, 5) is 27.4. The second-order valence-electron chi connectivity index (χ2n) is 11.8. The average molecular weight is 488 g/mol. The van der Waals surface area contributed by atoms with Gasteiger partial charge in [-0.25, -0.2) is 0 Å². The molecule has 1 aliphatic heterocycles. The normalized spacial score (nSPS) is 32.4. The number of hydrogen-bond donors (Lipinski definition) is 2. The number of rotatable bonds is 6. The van der Waals surface area contributed by atoms with Crippen molar-refractivity contribution in [3.63, 3.8) is 0 Å². The van der Waals surface area contributed by atoms with Crippen LogP contribution in [0.1, 0.15) is 72.8 Å². The number of carbonyl (C=O) groups is 2. The molecule has 0 aromatic heterocycles. The number of ketones is 1. The lowest BCUT2D eigenvalue weighted by Crippen LogP contribution is -2.48. The maximum Gasteiger partial charge on any atom is 0.259 e. The van der Waals surface area contributed by atoms with E-state index in [1.807, 2.05) is 6.08 Å². The summed E-state index contributed by atoms with van der Waals surface area (Å²) in [5, 5.41) is 12.4. The highest BCUT2D eigenvalue weighted by atomic mass is 16.3. The molecule has 0 saturated heterocycles. The summed E-state index contributed by atoms with van der Waals surface area (Å²) in [6.07, 6.45) is 12.6. The lowest BCUT2D eigenvalue weighted by molar-refractivity contribution is -0.128. The molecule has 192 valence electrons. The molecule has 0 spiro atoms. The Labute approximate surface area is 216 Å². The maximum absolute atomic E-state index is 14.3. The molecule has 3 aliphatic rings. The van der Waals surface area contributed by atoms with Crippen molar-refractivity contribution in [2.75, 3.05) is 0 Å². The van der Waals surface area contributed by atoms with Crippen molar-refractivity contribution >= 4 is 17.8 Å². The first kappa shape index (κ1) is 26.2. The van der Waals surface area contributed by atoms with Crippen molar-refractivity contribution in [2.45, 2.75) is 67.2 Å². The highest BCUT2D eigenvalue weighted by Crippen LogP contribution is 2.56. The number of fused-ring (bicyclic) bond motifs is 1. The first-order valence-electron chi connectivity index (χ1n) is 13.5. The summed E-state index contributed by atoms with van der Waals surface area (Å²) in [6, 6.07) is 6.78. The van der Waals surface area contributed by atoms with Crippen molar-refractivity contribution < 1.29 is 14.7 Å². The van der Waals surface area contributed by atoms with Gasteiger partial charge in [0.1, 0.15) is 5.75 Å². The number of hydrogen-bond acceptors (Lipinski definition) is 3. The van der Waals surface area contributed by atoms with E-state index in [2.05, 4.69) is 59.0 Å². The van der Waals surface area contributed by atoms with Gasteiger partial charge in [-0.2, -0.15) is 0 Å². The van der Waals surface area contributed by atoms with Crippen LogP contribution in [0.25, 0.3) is 6.08 Å². The van der Waals surface area contributed by atoms with Gasteiger partial charge in [0, 0.05) is 17.5 Å². The van der Waals surface area contributed by atoms with Gasteiger partial charge < -0.3 is 10.4 Å². The SMILES string of the molecule is CC[C@@H](C)/C=C(\C)[C@H]1C(C)=C[C@@]2(C)C[C@@H](C)CC[C@@H]2[C@H]1C(=O)C1=C/C(=C/c2ccc(O)cc2)NC1=O. The predicted octanol–water partition coefficient (Wildman–Crippen LogP) is 6.99. The van der Waals surface area contributed by atoms with Crippen LogP contribution in [0.4, 0.5) is 0 Å². The monoisotopic (exact) mass is 487 g/mol. The Kier molecular flexibility index (Phi) is 7.45. The molecule has 36 heavy (non-hydrogen) atoms. The Bertz CT molecular complexity index is 1150. The van der Waals surface area contributed by atoms with E-state index >= 15 is 0 Å². The number of benzene rings is 1. The molecule has 1 aromatic rings. The predicted molar refractivity (Wildman–Crippen MR) is 146 cm³/mol. The second kappa shape index (κ2) is 10.2. The molecule has 0 radical (unpaired) electrons. The molecule has 2 N–H and O–H groups in total. The third-order valence-corrected chi connectivity index (χ3v) is 8.71. The smallest absolute Gasteiger partial charge is 0.259 e. The molecule has 1 saturated carbocycles. The summed E-state index contributed by atoms with van der Waals surface area (Å²) in [5.74, 6) is 0.933. The molecule has 0 unspecified atom stereocenters. The van der Waals surface area contributed by atoms with Gasteiger partial charge in [-0.15, -0.1) is 0 Å². The van der Waals surface area contributed by atoms with Gasteiger partial charge in [0.05, 0.1) is 5.57 Å². The molecular weight excluding hydrogens is 446 g/mol. The zero-order valence-corrected chi connectivity index (χ0v) is 22.6. The van der Waals surface area contributed by atoms with E-state index in [0.29, 0.717) is 17.5 Å². The van der Waals surface area contributed by atoms with Crippen molar-refractivity contribution in [1.29, 1.82) is 0 Å². The molecule has 4 rings (SSSR count). The molecule has 1 amide bonds. The molecule has 4 heteroatoms. The molecular formula is C32H41NO3. The number of phenols is 1. The minimum absolute atomic E-state index is 0.0248. The van der Waals surface area contributed by atoms with Crippen LogP contribution in [0.15, 0.2) is 64.9 Å². The Hall–Kier alpha value is -2.88. The van der Waals surface area contributed by atoms with E-state index in [-0.39, 0.29) is 46.2 Å². The number of aromatic hydroxyl groups is 1. The number of Topliss-reactive ketones (excluding diaryl/α,β-unsaturated/α-hetero) is 1. The Morgan fingerprint density at radius 2 is 1.94 bits per heavy atom. The molecule has 0 bridgehead atoms. The largest absolute Gasteiger partial charge is 0.508 e. The second-order valence-corrected chi connectivity index (χ2v) is 11.8. The topological polar surface area (TPSA) is 66.4 Å². The van der Waals surface area contributed by atoms with Gasteiger partial charge in [-0.05, 0) is 79.7 Å². The lowest BCUT2D eigenvalue weighted by Gasteiger charge is -2.52. The lowest BCUT2D eigenvalue weighted by atomic mass is 9.52. The van der Waals surface area contributed by atoms with E-state index < -0.39 is 0 Å². The molecule has 4 nitrogen and oxygen atoms in total. The maximum atomic E-state index is 14.3. The molecule has 6 atom stereocenters. The van der Waals surface area contributed by atoms with Crippen LogP contribution in [-0.2, 0) is 9.59 Å². The fourth-order valence-electron chi connectivity index (χ4n) is 6.97. The number of allylic oxidation sites excluding steroid dienone is 5. The standard InChI is InChI=1S/C32H41NO3/c1-7-19(2)14-21(4)28-22(5)18-32(6)17-20(3)8-13-27(32)29(28)30(35)26-16-24(33-31(26)36)15-23-9-11-25(34)12-10-23/h9-12,14-16,18-20,27-29,34H,7-8,13,17H2,1-6H3,(H,33,36)/b21-14+,24-15-/t19-,20+,27-,28+,29-,32-/m1/s1. The molecule has 1 fully saturated rings. The number of phenolic OH excluding ortho intramolecular Hbond substituents is 1. The van der Waals surface area contributed by atoms with Crippen LogP contribution < -0.4 is 5.32 Å². The molecule has 1 heterocycles. The zero-order valence-electron chi connectivity index (χ0n) is 22.6. The third-order valence-electron chi connectivity index (χ3n) is 8.71. The minimum Gasteiger partial charge on any atom is -0.508 e. The van der Waals surface area contributed by atoms with Crippen molar-refractivity contribution in [1.82, 2.24) is 5.32 Å². The zero-order chi connectivity index (χ0) is 26.2. The van der Waals surface area contributed by atoms with Crippen LogP contribution in [0, 0.1) is 35.0 Å². The summed E-state index contributed by atoms with van der Waals surface area (Å²) in [7, 11) is 0. The summed E-state index contributed by atoms with van der Waals surface area (Å²) in [6.45, 7) is 13.4. The average Bonchev–Trinajstić information content (AvgIpc) is 3.18. The van der Waals surface area contributed by atoms with Gasteiger partial charge in [-0.1, -0.05) is 76.0 Å². The van der Waals surface area contributed by atoms with Gasteiger partial charge in [0.25, 0.3) is 5.91 Å². The fourth-order valence-corrected chi connectivity index (χ4v) is 6.97. The van der Waals surface area contributed by atoms with Crippen LogP contribution in [0.3, 0.4) is 0 Å². The van der Waals surface area contributed by atoms with Crippen molar-refractivity contribution in [3.05, 3.63) is 70.5 Å². The summed E-state index contributed by atoms with van der Waals surface area (Å²) < 4.78 is 0. The molecule has 2 aliphatic carbocycles. The first-order chi connectivity index (χ1) is 17.0. The van der Waals surface area contributed by atoms with E-state index in [1.54, 1.807) is 30.3 Å². The first-order valence-corrected chi connectivity index (χ1v) is 13.5. The summed E-state index contributed by atoms with van der Waals surface area (Å²) in [5.41, 5.74) is 4.20. The van der Waals surface area contributed by atoms with Crippen LogP contribution in [0.2, 0.25) is 0 Å². The molecule has 1 aromatic carbocycles. The Balaban J connectivity index is 1.75. The third kappa shape index (κ3) is 5.14. The van der Waals surface area contributed by atoms with Crippen LogP contribution >= 0.6 is 0 Å². The Morgan fingerprint density at radius 1 is 1.25 bits per heavy atom.